The Balaban J connectivity index is 3.42. The van der Waals surface area contributed by atoms with Crippen LogP contribution in [0.2, 0.25) is 0 Å². The minimum atomic E-state index is -0.198. The van der Waals surface area contributed by atoms with Crippen LogP contribution in [0, 0.1) is 0 Å². The maximum atomic E-state index is 11.2. The molecule has 0 aromatic rings. The molecule has 0 aromatic heterocycles. The molecular formula is C10H20O2. The Bertz CT molecular complexity index is 121. The summed E-state index contributed by atoms with van der Waals surface area (Å²) >= 11 is 0. The predicted molar refractivity (Wildman–Crippen MR) is 50.2 cm³/mol. The number of Topliss-reactive ketones (excluding diaryl/α,β-unsaturated/α-hetero) is 1. The van der Waals surface area contributed by atoms with Crippen molar-refractivity contribution in [3.05, 3.63) is 0 Å². The molecule has 0 aromatic carbocycles. The number of unbranched alkanes of at least 4 members (excludes halogenated alkanes) is 1. The predicted octanol–water partition coefficient (Wildman–Crippen LogP) is 2.56. The van der Waals surface area contributed by atoms with Crippen molar-refractivity contribution in [2.24, 2.45) is 0 Å². The van der Waals surface area contributed by atoms with E-state index in [1.165, 1.54) is 0 Å². The fourth-order valence-electron chi connectivity index (χ4n) is 0.947. The van der Waals surface area contributed by atoms with E-state index in [1.54, 1.807) is 0 Å². The van der Waals surface area contributed by atoms with E-state index in [2.05, 4.69) is 6.92 Å². The molecule has 0 aliphatic rings. The highest BCUT2D eigenvalue weighted by Gasteiger charge is 2.10. The first-order valence-electron chi connectivity index (χ1n) is 4.86. The van der Waals surface area contributed by atoms with E-state index in [-0.39, 0.29) is 11.9 Å². The molecule has 0 saturated heterocycles. The molecule has 1 unspecified atom stereocenters. The van der Waals surface area contributed by atoms with Crippen LogP contribution >= 0.6 is 0 Å². The van der Waals surface area contributed by atoms with Crippen LogP contribution in [0.1, 0.15) is 46.5 Å². The van der Waals surface area contributed by atoms with Crippen LogP contribution in [-0.2, 0) is 9.53 Å². The summed E-state index contributed by atoms with van der Waals surface area (Å²) in [5.41, 5.74) is 0. The Morgan fingerprint density at radius 1 is 1.33 bits per heavy atom. The summed E-state index contributed by atoms with van der Waals surface area (Å²) in [4.78, 5) is 11.2. The van der Waals surface area contributed by atoms with Gasteiger partial charge in [-0.15, -0.1) is 0 Å². The van der Waals surface area contributed by atoms with Gasteiger partial charge in [0.15, 0.2) is 5.78 Å². The quantitative estimate of drug-likeness (QED) is 0.552. The van der Waals surface area contributed by atoms with Crippen molar-refractivity contribution in [1.29, 1.82) is 0 Å². The average molecular weight is 172 g/mol. The first kappa shape index (κ1) is 11.6. The maximum absolute atomic E-state index is 11.2. The molecular weight excluding hydrogens is 152 g/mol. The van der Waals surface area contributed by atoms with Gasteiger partial charge in [0.1, 0.15) is 6.10 Å². The van der Waals surface area contributed by atoms with Gasteiger partial charge < -0.3 is 4.74 Å². The fourth-order valence-corrected chi connectivity index (χ4v) is 0.947. The minimum Gasteiger partial charge on any atom is -0.371 e. The topological polar surface area (TPSA) is 26.3 Å². The highest BCUT2D eigenvalue weighted by molar-refractivity contribution is 5.82. The number of carbonyl (C=O) groups is 1. The van der Waals surface area contributed by atoms with E-state index in [0.29, 0.717) is 13.0 Å². The molecule has 0 bridgehead atoms. The molecule has 0 N–H and O–H groups in total. The lowest BCUT2D eigenvalue weighted by molar-refractivity contribution is -0.129. The van der Waals surface area contributed by atoms with Crippen molar-refractivity contribution in [1.82, 2.24) is 0 Å². The lowest BCUT2D eigenvalue weighted by Crippen LogP contribution is -2.20. The van der Waals surface area contributed by atoms with Crippen LogP contribution in [0.15, 0.2) is 0 Å². The summed E-state index contributed by atoms with van der Waals surface area (Å²) < 4.78 is 5.35. The molecule has 2 heteroatoms. The second-order valence-electron chi connectivity index (χ2n) is 3.08. The van der Waals surface area contributed by atoms with Crippen molar-refractivity contribution in [2.45, 2.75) is 52.6 Å². The van der Waals surface area contributed by atoms with Crippen molar-refractivity contribution in [3.63, 3.8) is 0 Å². The van der Waals surface area contributed by atoms with Gasteiger partial charge in [-0.1, -0.05) is 20.3 Å². The van der Waals surface area contributed by atoms with Crippen LogP contribution in [0.4, 0.5) is 0 Å². The van der Waals surface area contributed by atoms with Crippen molar-refractivity contribution >= 4 is 5.78 Å². The Morgan fingerprint density at radius 3 is 2.50 bits per heavy atom. The largest absolute Gasteiger partial charge is 0.371 e. The zero-order valence-electron chi connectivity index (χ0n) is 8.43. The standard InChI is InChI=1S/C10H20O2/c1-4-6-8-12-9(3)10(11)7-5-2/h9H,4-8H2,1-3H3. The van der Waals surface area contributed by atoms with Gasteiger partial charge in [-0.2, -0.15) is 0 Å². The van der Waals surface area contributed by atoms with E-state index in [4.69, 9.17) is 4.74 Å². The Hall–Kier alpha value is -0.370. The molecule has 0 fully saturated rings. The fraction of sp³-hybridized carbons (Fsp3) is 0.900. The third-order valence-electron chi connectivity index (χ3n) is 1.82. The van der Waals surface area contributed by atoms with Crippen molar-refractivity contribution in [3.8, 4) is 0 Å². The Morgan fingerprint density at radius 2 is 2.00 bits per heavy atom. The van der Waals surface area contributed by atoms with Gasteiger partial charge in [0.2, 0.25) is 0 Å². The van der Waals surface area contributed by atoms with Crippen LogP contribution in [0.25, 0.3) is 0 Å². The maximum Gasteiger partial charge on any atom is 0.161 e. The van der Waals surface area contributed by atoms with Crippen LogP contribution < -0.4 is 0 Å². The summed E-state index contributed by atoms with van der Waals surface area (Å²) in [5.74, 6) is 0.230. The van der Waals surface area contributed by atoms with Gasteiger partial charge in [-0.3, -0.25) is 4.79 Å². The molecule has 0 heterocycles. The summed E-state index contributed by atoms with van der Waals surface area (Å²) in [7, 11) is 0. The van der Waals surface area contributed by atoms with Gasteiger partial charge in [0.25, 0.3) is 0 Å². The SMILES string of the molecule is CCCCOC(C)C(=O)CCC. The number of rotatable bonds is 7. The van der Waals surface area contributed by atoms with Gasteiger partial charge >= 0.3 is 0 Å². The van der Waals surface area contributed by atoms with Gasteiger partial charge in [-0.25, -0.2) is 0 Å². The molecule has 0 saturated carbocycles. The zero-order chi connectivity index (χ0) is 9.40. The van der Waals surface area contributed by atoms with E-state index in [0.717, 1.165) is 19.3 Å². The summed E-state index contributed by atoms with van der Waals surface area (Å²) in [6.07, 6.45) is 3.53. The molecule has 72 valence electrons. The Labute approximate surface area is 75.3 Å². The lowest BCUT2D eigenvalue weighted by Gasteiger charge is -2.10. The molecule has 12 heavy (non-hydrogen) atoms. The number of ketones is 1. The zero-order valence-corrected chi connectivity index (χ0v) is 8.43. The second kappa shape index (κ2) is 7.29. The highest BCUT2D eigenvalue weighted by atomic mass is 16.5. The number of hydrogen-bond acceptors (Lipinski definition) is 2. The van der Waals surface area contributed by atoms with Gasteiger partial charge in [0, 0.05) is 13.0 Å². The molecule has 0 amide bonds. The van der Waals surface area contributed by atoms with E-state index in [9.17, 15) is 4.79 Å². The lowest BCUT2D eigenvalue weighted by atomic mass is 10.1. The second-order valence-corrected chi connectivity index (χ2v) is 3.08. The molecule has 1 atom stereocenters. The highest BCUT2D eigenvalue weighted by Crippen LogP contribution is 2.00. The van der Waals surface area contributed by atoms with Crippen molar-refractivity contribution in [2.75, 3.05) is 6.61 Å². The summed E-state index contributed by atoms with van der Waals surface area (Å²) in [6, 6.07) is 0. The average Bonchev–Trinajstić information content (AvgIpc) is 2.05. The molecule has 0 spiro atoms. The summed E-state index contributed by atoms with van der Waals surface area (Å²) in [5, 5.41) is 0. The first-order valence-corrected chi connectivity index (χ1v) is 4.86. The molecule has 2 nitrogen and oxygen atoms in total. The monoisotopic (exact) mass is 172 g/mol. The summed E-state index contributed by atoms with van der Waals surface area (Å²) in [6.45, 7) is 6.68. The first-order chi connectivity index (χ1) is 5.72. The van der Waals surface area contributed by atoms with E-state index >= 15 is 0 Å². The number of ether oxygens (including phenoxy) is 1. The Kier molecular flexibility index (Phi) is 7.06. The van der Waals surface area contributed by atoms with Crippen LogP contribution in [0.5, 0.6) is 0 Å². The minimum absolute atomic E-state index is 0.198. The van der Waals surface area contributed by atoms with Crippen molar-refractivity contribution < 1.29 is 9.53 Å². The normalized spacial score (nSPS) is 12.9. The number of hydrogen-bond donors (Lipinski definition) is 0. The van der Waals surface area contributed by atoms with E-state index in [1.807, 2.05) is 13.8 Å². The molecule has 0 aliphatic heterocycles. The molecule has 0 rings (SSSR count). The number of carbonyl (C=O) groups excluding carboxylic acids is 1. The van der Waals surface area contributed by atoms with Crippen LogP contribution in [-0.4, -0.2) is 18.5 Å². The molecule has 0 radical (unpaired) electrons. The van der Waals surface area contributed by atoms with E-state index < -0.39 is 0 Å². The van der Waals surface area contributed by atoms with Gasteiger partial charge in [0.05, 0.1) is 0 Å². The third kappa shape index (κ3) is 5.30. The molecule has 0 aliphatic carbocycles. The van der Waals surface area contributed by atoms with Gasteiger partial charge in [-0.05, 0) is 19.8 Å². The smallest absolute Gasteiger partial charge is 0.161 e. The third-order valence-corrected chi connectivity index (χ3v) is 1.82. The van der Waals surface area contributed by atoms with Crippen LogP contribution in [0.3, 0.4) is 0 Å².